The number of nitrogens with zero attached hydrogens (tertiary/aromatic N) is 2. The molecule has 4 rings (SSSR count). The molecular formula is C29H29N2OPPd-2. The van der Waals surface area contributed by atoms with E-state index in [2.05, 4.69) is 85.8 Å². The Morgan fingerprint density at radius 2 is 1.00 bits per heavy atom. The van der Waals surface area contributed by atoms with Crippen molar-refractivity contribution in [1.29, 1.82) is 0 Å². The fourth-order valence-corrected chi connectivity index (χ4v) is 5.82. The van der Waals surface area contributed by atoms with E-state index >= 15 is 0 Å². The average Bonchev–Trinajstić information content (AvgIpc) is 2.84. The Morgan fingerprint density at radius 3 is 1.47 bits per heavy atom. The summed E-state index contributed by atoms with van der Waals surface area (Å²) in [6.07, 6.45) is 2.00. The smallest absolute Gasteiger partial charge is 0.154 e. The van der Waals surface area contributed by atoms with Crippen molar-refractivity contribution in [3.63, 3.8) is 0 Å². The third-order valence-electron chi connectivity index (χ3n) is 4.47. The van der Waals surface area contributed by atoms with Gasteiger partial charge in [0.25, 0.3) is 0 Å². The maximum atomic E-state index is 7.44. The molecule has 4 aromatic rings. The van der Waals surface area contributed by atoms with Gasteiger partial charge in [0, 0.05) is 26.2 Å². The third-order valence-corrected chi connectivity index (χ3v) is 7.25. The number of hydrogen-bond donors (Lipinski definition) is 0. The second kappa shape index (κ2) is 16.6. The van der Waals surface area contributed by atoms with E-state index in [1.807, 2.05) is 30.3 Å². The van der Waals surface area contributed by atoms with Gasteiger partial charge in [-0.05, 0) is 36.4 Å². The largest absolute Gasteiger partial charge is 0.814 e. The number of para-hydroxylation sites is 2. The molecule has 178 valence electrons. The first-order valence-electron chi connectivity index (χ1n) is 10.7. The molecule has 0 aliphatic rings. The zero-order valence-corrected chi connectivity index (χ0v) is 21.9. The Bertz CT molecular complexity index is 1080. The molecule has 0 N–H and O–H groups in total. The van der Waals surface area contributed by atoms with Crippen LogP contribution in [0.1, 0.15) is 19.4 Å². The fraction of sp³-hybridized carbons (Fsp3) is 0.0690. The molecule has 0 aliphatic heterocycles. The summed E-state index contributed by atoms with van der Waals surface area (Å²) >= 11 is 0. The van der Waals surface area contributed by atoms with Crippen molar-refractivity contribution in [2.45, 2.75) is 13.8 Å². The molecule has 0 aromatic heterocycles. The summed E-state index contributed by atoms with van der Waals surface area (Å²) in [5.41, 5.74) is 0.889. The molecule has 0 heterocycles. The van der Waals surface area contributed by atoms with Crippen LogP contribution in [0.15, 0.2) is 109 Å². The first kappa shape index (κ1) is 29.0. The van der Waals surface area contributed by atoms with Gasteiger partial charge in [0.05, 0.1) is 0 Å². The van der Waals surface area contributed by atoms with Crippen LogP contribution in [0.5, 0.6) is 11.5 Å². The number of benzene rings is 4. The zero-order chi connectivity index (χ0) is 23.9. The topological polar surface area (TPSA) is 53.8 Å². The molecule has 34 heavy (non-hydrogen) atoms. The predicted octanol–water partition coefficient (Wildman–Crippen LogP) is 6.44. The SMILES string of the molecule is CC=[N-].CC=[N-].[CH2-]c1ccccc1Oc1ccccc1[PH+](c1ccccc1)c1ccccc1.[Pd]. The van der Waals surface area contributed by atoms with Crippen LogP contribution in [0.25, 0.3) is 10.8 Å². The monoisotopic (exact) mass is 558 g/mol. The molecule has 0 unspecified atom stereocenters. The van der Waals surface area contributed by atoms with Gasteiger partial charge in [-0.15, -0.1) is 6.07 Å². The maximum absolute atomic E-state index is 7.44. The molecule has 0 saturated heterocycles. The molecule has 3 nitrogen and oxygen atoms in total. The minimum absolute atomic E-state index is 0. The summed E-state index contributed by atoms with van der Waals surface area (Å²) < 4.78 is 6.33. The van der Waals surface area contributed by atoms with Gasteiger partial charge < -0.3 is 15.6 Å². The molecule has 0 bridgehead atoms. The van der Waals surface area contributed by atoms with Crippen LogP contribution in [0.3, 0.4) is 0 Å². The molecule has 0 fully saturated rings. The minimum atomic E-state index is -1.18. The normalized spacial score (nSPS) is 9.26. The zero-order valence-electron chi connectivity index (χ0n) is 19.4. The van der Waals surface area contributed by atoms with Gasteiger partial charge in [-0.2, -0.15) is 18.6 Å². The van der Waals surface area contributed by atoms with E-state index in [1.54, 1.807) is 13.8 Å². The van der Waals surface area contributed by atoms with Crippen molar-refractivity contribution in [2.24, 2.45) is 0 Å². The Morgan fingerprint density at radius 1 is 0.618 bits per heavy atom. The molecule has 4 aromatic carbocycles. The minimum Gasteiger partial charge on any atom is -0.814 e. The third kappa shape index (κ3) is 8.73. The average molecular weight is 559 g/mol. The van der Waals surface area contributed by atoms with Gasteiger partial charge in [0.15, 0.2) is 5.75 Å². The Hall–Kier alpha value is -3.02. The van der Waals surface area contributed by atoms with Gasteiger partial charge >= 0.3 is 0 Å². The van der Waals surface area contributed by atoms with Gasteiger partial charge in [0.2, 0.25) is 0 Å². The van der Waals surface area contributed by atoms with E-state index < -0.39 is 7.92 Å². The van der Waals surface area contributed by atoms with Crippen molar-refractivity contribution in [3.8, 4) is 11.5 Å². The maximum Gasteiger partial charge on any atom is 0.154 e. The Labute approximate surface area is 218 Å². The van der Waals surface area contributed by atoms with Crippen molar-refractivity contribution in [3.05, 3.63) is 133 Å². The van der Waals surface area contributed by atoms with E-state index in [1.165, 1.54) is 15.9 Å². The second-order valence-corrected chi connectivity index (χ2v) is 9.27. The van der Waals surface area contributed by atoms with Crippen LogP contribution in [-0.4, -0.2) is 12.4 Å². The summed E-state index contributed by atoms with van der Waals surface area (Å²) in [4.78, 5) is 0. The number of rotatable bonds is 5. The molecule has 0 spiro atoms. The van der Waals surface area contributed by atoms with Gasteiger partial charge in [-0.25, -0.2) is 12.4 Å². The van der Waals surface area contributed by atoms with E-state index in [4.69, 9.17) is 15.6 Å². The Balaban J connectivity index is 0.000000751. The summed E-state index contributed by atoms with van der Waals surface area (Å²) in [5.74, 6) is 1.70. The van der Waals surface area contributed by atoms with Crippen LogP contribution in [-0.2, 0) is 20.4 Å². The molecule has 0 saturated carbocycles. The quantitative estimate of drug-likeness (QED) is 0.120. The fourth-order valence-electron chi connectivity index (χ4n) is 3.17. The predicted molar refractivity (Wildman–Crippen MR) is 148 cm³/mol. The van der Waals surface area contributed by atoms with Gasteiger partial charge in [-0.1, -0.05) is 74.5 Å². The molecule has 0 radical (unpaired) electrons. The van der Waals surface area contributed by atoms with Crippen molar-refractivity contribution in [1.82, 2.24) is 0 Å². The van der Waals surface area contributed by atoms with E-state index in [0.717, 1.165) is 29.5 Å². The van der Waals surface area contributed by atoms with E-state index in [9.17, 15) is 0 Å². The summed E-state index contributed by atoms with van der Waals surface area (Å²) in [7, 11) is -1.18. The molecule has 0 aliphatic carbocycles. The molecular weight excluding hydrogens is 530 g/mol. The van der Waals surface area contributed by atoms with Crippen molar-refractivity contribution >= 4 is 36.3 Å². The number of hydrogen-bond acceptors (Lipinski definition) is 1. The second-order valence-electron chi connectivity index (χ2n) is 6.83. The molecule has 5 heteroatoms. The summed E-state index contributed by atoms with van der Waals surface area (Å²) in [6.45, 7) is 7.20. The Kier molecular flexibility index (Phi) is 14.1. The van der Waals surface area contributed by atoms with E-state index in [-0.39, 0.29) is 20.4 Å². The standard InChI is InChI=1S/C25H20OP.2C2H4N.Pd/c1-20-12-8-9-17-23(20)26-24-18-10-11-19-25(24)27(21-13-4-2-5-14-21)22-15-6-3-7-16-22;2*1-2-3;/h2-19H,1H2;2*2H,1H3;/q3*-1;/p+1. The van der Waals surface area contributed by atoms with E-state index in [0.29, 0.717) is 0 Å². The van der Waals surface area contributed by atoms with Crippen LogP contribution < -0.4 is 20.7 Å². The summed E-state index contributed by atoms with van der Waals surface area (Å²) in [6, 6.07) is 37.7. The first-order chi connectivity index (χ1) is 16.2. The van der Waals surface area contributed by atoms with Crippen molar-refractivity contribution in [2.75, 3.05) is 0 Å². The van der Waals surface area contributed by atoms with Crippen LogP contribution in [0.4, 0.5) is 0 Å². The molecule has 0 atom stereocenters. The van der Waals surface area contributed by atoms with Crippen molar-refractivity contribution < 1.29 is 25.2 Å². The van der Waals surface area contributed by atoms with Crippen LogP contribution >= 0.6 is 7.92 Å². The van der Waals surface area contributed by atoms with Crippen LogP contribution in [0, 0.1) is 6.92 Å². The van der Waals surface area contributed by atoms with Crippen LogP contribution in [0.2, 0.25) is 0 Å². The molecule has 0 amide bonds. The van der Waals surface area contributed by atoms with Gasteiger partial charge in [-0.3, -0.25) is 0 Å². The number of ether oxygens (including phenoxy) is 1. The first-order valence-corrected chi connectivity index (χ1v) is 12.2. The summed E-state index contributed by atoms with van der Waals surface area (Å²) in [5, 5.41) is 18.8. The van der Waals surface area contributed by atoms with Gasteiger partial charge in [0.1, 0.15) is 23.8 Å².